The Morgan fingerprint density at radius 2 is 2.11 bits per heavy atom. The standard InChI is InChI=1S/C16H33N3/c1-4-5-6-11-19(14(2)3)16(13-17)9-12-18-10-7-8-15(16)18/h14-15H,4-13,17H2,1-3H3. The molecule has 2 N–H and O–H groups in total. The molecule has 112 valence electrons. The summed E-state index contributed by atoms with van der Waals surface area (Å²) in [6.45, 7) is 11.6. The highest BCUT2D eigenvalue weighted by Crippen LogP contribution is 2.40. The summed E-state index contributed by atoms with van der Waals surface area (Å²) in [6.07, 6.45) is 7.97. The molecule has 2 aliphatic heterocycles. The third-order valence-corrected chi connectivity index (χ3v) is 5.37. The minimum absolute atomic E-state index is 0.262. The Hall–Kier alpha value is -0.120. The van der Waals surface area contributed by atoms with Crippen molar-refractivity contribution in [2.45, 2.75) is 76.9 Å². The first kappa shape index (κ1) is 15.3. The molecule has 0 spiro atoms. The molecular weight excluding hydrogens is 234 g/mol. The largest absolute Gasteiger partial charge is 0.329 e. The van der Waals surface area contributed by atoms with Crippen molar-refractivity contribution in [1.82, 2.24) is 9.80 Å². The fourth-order valence-electron chi connectivity index (χ4n) is 4.42. The van der Waals surface area contributed by atoms with Gasteiger partial charge in [0, 0.05) is 25.2 Å². The summed E-state index contributed by atoms with van der Waals surface area (Å²) in [7, 11) is 0. The normalized spacial score (nSPS) is 31.6. The molecule has 2 saturated heterocycles. The van der Waals surface area contributed by atoms with Gasteiger partial charge in [0.05, 0.1) is 5.54 Å². The van der Waals surface area contributed by atoms with Gasteiger partial charge in [0.2, 0.25) is 0 Å². The van der Waals surface area contributed by atoms with E-state index in [1.165, 1.54) is 58.2 Å². The van der Waals surface area contributed by atoms with Crippen LogP contribution >= 0.6 is 0 Å². The molecule has 19 heavy (non-hydrogen) atoms. The van der Waals surface area contributed by atoms with Gasteiger partial charge in [-0.1, -0.05) is 19.8 Å². The third-order valence-electron chi connectivity index (χ3n) is 5.37. The first-order valence-corrected chi connectivity index (χ1v) is 8.36. The summed E-state index contributed by atoms with van der Waals surface area (Å²) in [5.41, 5.74) is 6.56. The van der Waals surface area contributed by atoms with Crippen molar-refractivity contribution in [3.63, 3.8) is 0 Å². The van der Waals surface area contributed by atoms with Crippen LogP contribution in [-0.4, -0.2) is 53.6 Å². The van der Waals surface area contributed by atoms with E-state index in [9.17, 15) is 0 Å². The molecule has 0 saturated carbocycles. The van der Waals surface area contributed by atoms with Gasteiger partial charge in [-0.3, -0.25) is 9.80 Å². The van der Waals surface area contributed by atoms with Gasteiger partial charge < -0.3 is 5.73 Å². The second-order valence-electron chi connectivity index (χ2n) is 6.75. The summed E-state index contributed by atoms with van der Waals surface area (Å²) in [5, 5.41) is 0. The van der Waals surface area contributed by atoms with Gasteiger partial charge in [0.1, 0.15) is 0 Å². The summed E-state index contributed by atoms with van der Waals surface area (Å²) >= 11 is 0. The second-order valence-corrected chi connectivity index (χ2v) is 6.75. The summed E-state index contributed by atoms with van der Waals surface area (Å²) in [6, 6.07) is 1.34. The molecule has 0 aromatic carbocycles. The molecule has 2 heterocycles. The van der Waals surface area contributed by atoms with Gasteiger partial charge in [0.15, 0.2) is 0 Å². The smallest absolute Gasteiger partial charge is 0.0501 e. The van der Waals surface area contributed by atoms with Crippen LogP contribution in [0.15, 0.2) is 0 Å². The maximum Gasteiger partial charge on any atom is 0.0501 e. The highest BCUT2D eigenvalue weighted by atomic mass is 15.3. The van der Waals surface area contributed by atoms with Crippen LogP contribution < -0.4 is 5.73 Å². The zero-order valence-corrected chi connectivity index (χ0v) is 13.2. The van der Waals surface area contributed by atoms with E-state index in [0.717, 1.165) is 12.6 Å². The van der Waals surface area contributed by atoms with E-state index < -0.39 is 0 Å². The Kier molecular flexibility index (Phi) is 5.27. The summed E-state index contributed by atoms with van der Waals surface area (Å²) < 4.78 is 0. The topological polar surface area (TPSA) is 32.5 Å². The van der Waals surface area contributed by atoms with E-state index in [1.807, 2.05) is 0 Å². The van der Waals surface area contributed by atoms with Crippen LogP contribution in [0.1, 0.15) is 59.3 Å². The summed E-state index contributed by atoms with van der Waals surface area (Å²) in [5.74, 6) is 0. The lowest BCUT2D eigenvalue weighted by Gasteiger charge is -2.47. The van der Waals surface area contributed by atoms with Gasteiger partial charge >= 0.3 is 0 Å². The molecular formula is C16H33N3. The van der Waals surface area contributed by atoms with Crippen molar-refractivity contribution in [1.29, 1.82) is 0 Å². The van der Waals surface area contributed by atoms with E-state index in [4.69, 9.17) is 5.73 Å². The Labute approximate surface area is 119 Å². The van der Waals surface area contributed by atoms with Crippen LogP contribution in [0.2, 0.25) is 0 Å². The number of hydrogen-bond donors (Lipinski definition) is 1. The molecule has 0 amide bonds. The van der Waals surface area contributed by atoms with Gasteiger partial charge in [-0.2, -0.15) is 0 Å². The van der Waals surface area contributed by atoms with Crippen LogP contribution in [0.5, 0.6) is 0 Å². The molecule has 2 unspecified atom stereocenters. The highest BCUT2D eigenvalue weighted by molar-refractivity contribution is 5.10. The SMILES string of the molecule is CCCCCN(C(C)C)C1(CN)CCN2CCCC21. The van der Waals surface area contributed by atoms with Crippen molar-refractivity contribution in [3.8, 4) is 0 Å². The van der Waals surface area contributed by atoms with E-state index in [1.54, 1.807) is 0 Å². The molecule has 0 radical (unpaired) electrons. The van der Waals surface area contributed by atoms with E-state index >= 15 is 0 Å². The van der Waals surface area contributed by atoms with Gasteiger partial charge in [-0.15, -0.1) is 0 Å². The van der Waals surface area contributed by atoms with Gasteiger partial charge in [-0.25, -0.2) is 0 Å². The Morgan fingerprint density at radius 3 is 2.74 bits per heavy atom. The number of nitrogens with zero attached hydrogens (tertiary/aromatic N) is 2. The lowest BCUT2D eigenvalue weighted by atomic mass is 9.85. The number of fused-ring (bicyclic) bond motifs is 1. The van der Waals surface area contributed by atoms with Crippen molar-refractivity contribution in [2.75, 3.05) is 26.2 Å². The zero-order valence-electron chi connectivity index (χ0n) is 13.2. The quantitative estimate of drug-likeness (QED) is 0.719. The first-order valence-electron chi connectivity index (χ1n) is 8.36. The average molecular weight is 267 g/mol. The van der Waals surface area contributed by atoms with E-state index in [0.29, 0.717) is 6.04 Å². The average Bonchev–Trinajstić information content (AvgIpc) is 2.97. The van der Waals surface area contributed by atoms with Crippen LogP contribution in [0.25, 0.3) is 0 Å². The maximum absolute atomic E-state index is 6.30. The van der Waals surface area contributed by atoms with Crippen LogP contribution in [0, 0.1) is 0 Å². The predicted molar refractivity (Wildman–Crippen MR) is 82.4 cm³/mol. The summed E-state index contributed by atoms with van der Waals surface area (Å²) in [4.78, 5) is 5.45. The molecule has 2 rings (SSSR count). The lowest BCUT2D eigenvalue weighted by molar-refractivity contribution is 0.0362. The van der Waals surface area contributed by atoms with Crippen molar-refractivity contribution >= 4 is 0 Å². The minimum atomic E-state index is 0.262. The third kappa shape index (κ3) is 2.84. The van der Waals surface area contributed by atoms with Crippen LogP contribution in [0.4, 0.5) is 0 Å². The molecule has 3 heteroatoms. The maximum atomic E-state index is 6.30. The van der Waals surface area contributed by atoms with Crippen molar-refractivity contribution in [2.24, 2.45) is 5.73 Å². The lowest BCUT2D eigenvalue weighted by Crippen LogP contribution is -2.62. The Morgan fingerprint density at radius 1 is 1.32 bits per heavy atom. The van der Waals surface area contributed by atoms with Gasteiger partial charge in [-0.05, 0) is 52.6 Å². The molecule has 0 bridgehead atoms. The first-order chi connectivity index (χ1) is 9.15. The van der Waals surface area contributed by atoms with Gasteiger partial charge in [0.25, 0.3) is 0 Å². The molecule has 2 fully saturated rings. The van der Waals surface area contributed by atoms with Crippen molar-refractivity contribution < 1.29 is 0 Å². The van der Waals surface area contributed by atoms with E-state index in [2.05, 4.69) is 30.6 Å². The number of nitrogens with two attached hydrogens (primary N) is 1. The van der Waals surface area contributed by atoms with E-state index in [-0.39, 0.29) is 5.54 Å². The molecule has 2 aliphatic rings. The monoisotopic (exact) mass is 267 g/mol. The fourth-order valence-corrected chi connectivity index (χ4v) is 4.42. The number of rotatable bonds is 7. The van der Waals surface area contributed by atoms with Crippen LogP contribution in [-0.2, 0) is 0 Å². The number of unbranched alkanes of at least 4 members (excludes halogenated alkanes) is 2. The highest BCUT2D eigenvalue weighted by Gasteiger charge is 2.51. The predicted octanol–water partition coefficient (Wildman–Crippen LogP) is 2.45. The minimum Gasteiger partial charge on any atom is -0.329 e. The second kappa shape index (κ2) is 6.55. The zero-order chi connectivity index (χ0) is 13.9. The molecule has 0 aromatic heterocycles. The molecule has 2 atom stereocenters. The molecule has 3 nitrogen and oxygen atoms in total. The van der Waals surface area contributed by atoms with Crippen LogP contribution in [0.3, 0.4) is 0 Å². The van der Waals surface area contributed by atoms with Crippen molar-refractivity contribution in [3.05, 3.63) is 0 Å². The Balaban J connectivity index is 2.11. The molecule has 0 aliphatic carbocycles. The fraction of sp³-hybridized carbons (Fsp3) is 1.00. The molecule has 0 aromatic rings. The Bertz CT molecular complexity index is 279. The number of hydrogen-bond acceptors (Lipinski definition) is 3.